The lowest BCUT2D eigenvalue weighted by Gasteiger charge is -2.15. The van der Waals surface area contributed by atoms with Gasteiger partial charge in [0.15, 0.2) is 0 Å². The van der Waals surface area contributed by atoms with Crippen LogP contribution in [0, 0.1) is 0 Å². The number of fused-ring (bicyclic) bond motifs is 1. The summed E-state index contributed by atoms with van der Waals surface area (Å²) >= 11 is 0. The van der Waals surface area contributed by atoms with Gasteiger partial charge in [-0.1, -0.05) is 54.6 Å². The van der Waals surface area contributed by atoms with Gasteiger partial charge in [-0.05, 0) is 30.2 Å². The molecule has 0 aliphatic carbocycles. The van der Waals surface area contributed by atoms with Crippen LogP contribution in [-0.2, 0) is 4.79 Å². The van der Waals surface area contributed by atoms with Gasteiger partial charge in [-0.25, -0.2) is 0 Å². The zero-order valence-electron chi connectivity index (χ0n) is 11.5. The first-order chi connectivity index (χ1) is 9.81. The summed E-state index contributed by atoms with van der Waals surface area (Å²) in [6.45, 7) is 2.58. The van der Waals surface area contributed by atoms with Crippen LogP contribution in [0.25, 0.3) is 0 Å². The van der Waals surface area contributed by atoms with Gasteiger partial charge in [0.25, 0.3) is 5.91 Å². The molecule has 2 aromatic carbocycles. The molecule has 100 valence electrons. The van der Waals surface area contributed by atoms with E-state index in [0.29, 0.717) is 6.54 Å². The second-order valence-electron chi connectivity index (χ2n) is 4.97. The van der Waals surface area contributed by atoms with Gasteiger partial charge in [0.05, 0.1) is 0 Å². The monoisotopic (exact) mass is 263 g/mol. The first kappa shape index (κ1) is 12.7. The highest BCUT2D eigenvalue weighted by atomic mass is 16.2. The number of carbonyl (C=O) groups excluding carboxylic acids is 1. The van der Waals surface area contributed by atoms with Crippen molar-refractivity contribution in [1.82, 2.24) is 0 Å². The summed E-state index contributed by atoms with van der Waals surface area (Å²) < 4.78 is 0. The third-order valence-corrected chi connectivity index (χ3v) is 3.75. The van der Waals surface area contributed by atoms with Gasteiger partial charge < -0.3 is 4.90 Å². The number of para-hydroxylation sites is 1. The molecule has 20 heavy (non-hydrogen) atoms. The van der Waals surface area contributed by atoms with Crippen molar-refractivity contribution in [3.63, 3.8) is 0 Å². The molecular weight excluding hydrogens is 246 g/mol. The van der Waals surface area contributed by atoms with Crippen molar-refractivity contribution < 1.29 is 4.79 Å². The van der Waals surface area contributed by atoms with Crippen molar-refractivity contribution >= 4 is 11.6 Å². The number of nitrogens with zero attached hydrogens (tertiary/aromatic N) is 1. The maximum absolute atomic E-state index is 12.2. The standard InChI is InChI=1S/C18H17NO/c1-2-8-18(20)19-13-16(14-9-4-3-5-10-14)15-11-6-7-12-17(15)19/h2-12,16H,13H2,1H3. The van der Waals surface area contributed by atoms with E-state index >= 15 is 0 Å². The van der Waals surface area contributed by atoms with Crippen molar-refractivity contribution in [2.24, 2.45) is 0 Å². The Balaban J connectivity index is 2.03. The minimum atomic E-state index is 0.0541. The molecule has 0 bridgehead atoms. The lowest BCUT2D eigenvalue weighted by atomic mass is 9.93. The smallest absolute Gasteiger partial charge is 0.250 e. The molecule has 2 heteroatoms. The van der Waals surface area contributed by atoms with E-state index in [1.54, 1.807) is 12.2 Å². The fourth-order valence-corrected chi connectivity index (χ4v) is 2.82. The average Bonchev–Trinajstić information content (AvgIpc) is 2.88. The zero-order chi connectivity index (χ0) is 13.9. The predicted molar refractivity (Wildman–Crippen MR) is 81.9 cm³/mol. The summed E-state index contributed by atoms with van der Waals surface area (Å²) in [4.78, 5) is 14.1. The minimum Gasteiger partial charge on any atom is -0.308 e. The van der Waals surface area contributed by atoms with Crippen LogP contribution in [0.5, 0.6) is 0 Å². The molecule has 0 saturated carbocycles. The Kier molecular flexibility index (Phi) is 3.38. The maximum atomic E-state index is 12.2. The van der Waals surface area contributed by atoms with Gasteiger partial charge >= 0.3 is 0 Å². The van der Waals surface area contributed by atoms with Gasteiger partial charge in [0.2, 0.25) is 0 Å². The first-order valence-corrected chi connectivity index (χ1v) is 6.89. The molecule has 0 N–H and O–H groups in total. The van der Waals surface area contributed by atoms with Crippen LogP contribution in [0.4, 0.5) is 5.69 Å². The van der Waals surface area contributed by atoms with E-state index in [-0.39, 0.29) is 11.8 Å². The summed E-state index contributed by atoms with van der Waals surface area (Å²) in [7, 11) is 0. The molecule has 2 aromatic rings. The van der Waals surface area contributed by atoms with Gasteiger partial charge in [-0.3, -0.25) is 4.79 Å². The Morgan fingerprint density at radius 1 is 1.10 bits per heavy atom. The largest absolute Gasteiger partial charge is 0.308 e. The second kappa shape index (κ2) is 5.33. The highest BCUT2D eigenvalue weighted by Gasteiger charge is 2.31. The van der Waals surface area contributed by atoms with Crippen LogP contribution in [0.15, 0.2) is 66.7 Å². The minimum absolute atomic E-state index is 0.0541. The molecule has 1 heterocycles. The zero-order valence-corrected chi connectivity index (χ0v) is 11.5. The number of benzene rings is 2. The first-order valence-electron chi connectivity index (χ1n) is 6.89. The number of amides is 1. The highest BCUT2D eigenvalue weighted by molar-refractivity contribution is 6.03. The molecule has 0 aromatic heterocycles. The van der Waals surface area contributed by atoms with Gasteiger partial charge in [-0.2, -0.15) is 0 Å². The van der Waals surface area contributed by atoms with E-state index in [1.165, 1.54) is 11.1 Å². The van der Waals surface area contributed by atoms with Crippen molar-refractivity contribution in [3.8, 4) is 0 Å². The third-order valence-electron chi connectivity index (χ3n) is 3.75. The number of rotatable bonds is 2. The number of carbonyl (C=O) groups is 1. The van der Waals surface area contributed by atoms with Crippen LogP contribution < -0.4 is 4.90 Å². The van der Waals surface area contributed by atoms with Crippen molar-refractivity contribution in [2.45, 2.75) is 12.8 Å². The van der Waals surface area contributed by atoms with E-state index in [0.717, 1.165) is 5.69 Å². The number of allylic oxidation sites excluding steroid dienone is 1. The fraction of sp³-hybridized carbons (Fsp3) is 0.167. The van der Waals surface area contributed by atoms with E-state index < -0.39 is 0 Å². The molecule has 1 aliphatic rings. The Hall–Kier alpha value is -2.35. The number of hydrogen-bond acceptors (Lipinski definition) is 1. The van der Waals surface area contributed by atoms with E-state index in [2.05, 4.69) is 18.2 Å². The van der Waals surface area contributed by atoms with Gasteiger partial charge in [0.1, 0.15) is 0 Å². The van der Waals surface area contributed by atoms with Crippen molar-refractivity contribution in [2.75, 3.05) is 11.4 Å². The maximum Gasteiger partial charge on any atom is 0.250 e. The Bertz CT molecular complexity index is 645. The Morgan fingerprint density at radius 3 is 2.55 bits per heavy atom. The average molecular weight is 263 g/mol. The quantitative estimate of drug-likeness (QED) is 0.756. The molecule has 2 nitrogen and oxygen atoms in total. The van der Waals surface area contributed by atoms with Crippen LogP contribution in [0.2, 0.25) is 0 Å². The summed E-state index contributed by atoms with van der Waals surface area (Å²) in [5.41, 5.74) is 3.52. The van der Waals surface area contributed by atoms with Crippen molar-refractivity contribution in [3.05, 3.63) is 77.9 Å². The molecule has 3 rings (SSSR count). The normalized spacial score (nSPS) is 17.4. The van der Waals surface area contributed by atoms with Gasteiger partial charge in [0, 0.05) is 18.2 Å². The second-order valence-corrected chi connectivity index (χ2v) is 4.97. The predicted octanol–water partition coefficient (Wildman–Crippen LogP) is 3.74. The lowest BCUT2D eigenvalue weighted by molar-refractivity contribution is -0.114. The SMILES string of the molecule is CC=CC(=O)N1CC(c2ccccc2)c2ccccc21. The molecule has 0 saturated heterocycles. The van der Waals surface area contributed by atoms with Crippen LogP contribution in [0.1, 0.15) is 24.0 Å². The lowest BCUT2D eigenvalue weighted by Crippen LogP contribution is -2.28. The van der Waals surface area contributed by atoms with E-state index in [1.807, 2.05) is 48.2 Å². The van der Waals surface area contributed by atoms with Crippen LogP contribution in [0.3, 0.4) is 0 Å². The summed E-state index contributed by atoms with van der Waals surface area (Å²) in [6, 6.07) is 18.6. The van der Waals surface area contributed by atoms with Gasteiger partial charge in [-0.15, -0.1) is 0 Å². The Labute approximate surface area is 119 Å². The van der Waals surface area contributed by atoms with Crippen LogP contribution >= 0.6 is 0 Å². The number of hydrogen-bond donors (Lipinski definition) is 0. The molecule has 1 amide bonds. The van der Waals surface area contributed by atoms with E-state index in [9.17, 15) is 4.79 Å². The molecule has 0 fully saturated rings. The topological polar surface area (TPSA) is 20.3 Å². The summed E-state index contributed by atoms with van der Waals surface area (Å²) in [6.07, 6.45) is 3.42. The summed E-state index contributed by atoms with van der Waals surface area (Å²) in [5, 5.41) is 0. The molecule has 0 spiro atoms. The van der Waals surface area contributed by atoms with E-state index in [4.69, 9.17) is 0 Å². The Morgan fingerprint density at radius 2 is 1.80 bits per heavy atom. The molecule has 1 atom stereocenters. The molecule has 1 aliphatic heterocycles. The van der Waals surface area contributed by atoms with Crippen LogP contribution in [-0.4, -0.2) is 12.5 Å². The third kappa shape index (κ3) is 2.14. The molecule has 1 unspecified atom stereocenters. The fourth-order valence-electron chi connectivity index (χ4n) is 2.82. The number of anilines is 1. The van der Waals surface area contributed by atoms with Crippen molar-refractivity contribution in [1.29, 1.82) is 0 Å². The molecule has 0 radical (unpaired) electrons. The highest BCUT2D eigenvalue weighted by Crippen LogP contribution is 2.39. The molecular formula is C18H17NO. The summed E-state index contributed by atoms with van der Waals surface area (Å²) in [5.74, 6) is 0.319.